The quantitative estimate of drug-likeness (QED) is 0.493. The number of hydrazone groups is 1. The number of nitrogens with one attached hydrogen (secondary N) is 2. The maximum Gasteiger partial charge on any atom is 0.271 e. The highest BCUT2D eigenvalue weighted by Gasteiger charge is 2.09. The Balaban J connectivity index is 1.65. The first kappa shape index (κ1) is 19.3. The van der Waals surface area contributed by atoms with Crippen LogP contribution < -0.4 is 10.7 Å². The van der Waals surface area contributed by atoms with Crippen molar-refractivity contribution in [2.24, 2.45) is 5.10 Å². The van der Waals surface area contributed by atoms with Gasteiger partial charge in [-0.25, -0.2) is 9.82 Å². The van der Waals surface area contributed by atoms with E-state index in [0.717, 1.165) is 0 Å². The zero-order chi connectivity index (χ0) is 19.9. The summed E-state index contributed by atoms with van der Waals surface area (Å²) in [6.07, 6.45) is 1.22. The number of benzene rings is 3. The predicted molar refractivity (Wildman–Crippen MR) is 107 cm³/mol. The average molecular weight is 396 g/mol. The summed E-state index contributed by atoms with van der Waals surface area (Å²) in [6.45, 7) is 0. The lowest BCUT2D eigenvalue weighted by Gasteiger charge is -2.07. The number of hydrogen-bond donors (Lipinski definition) is 2. The van der Waals surface area contributed by atoms with Gasteiger partial charge in [0.1, 0.15) is 5.82 Å². The highest BCUT2D eigenvalue weighted by Crippen LogP contribution is 2.14. The van der Waals surface area contributed by atoms with Gasteiger partial charge < -0.3 is 5.32 Å². The molecule has 0 radical (unpaired) electrons. The van der Waals surface area contributed by atoms with E-state index < -0.39 is 11.7 Å². The van der Waals surface area contributed by atoms with Crippen LogP contribution in [0.5, 0.6) is 0 Å². The number of amides is 2. The van der Waals surface area contributed by atoms with Crippen molar-refractivity contribution < 1.29 is 14.0 Å². The third kappa shape index (κ3) is 5.02. The van der Waals surface area contributed by atoms with E-state index in [0.29, 0.717) is 21.8 Å². The molecule has 0 saturated carbocycles. The Morgan fingerprint density at radius 3 is 2.39 bits per heavy atom. The molecular weight excluding hydrogens is 381 g/mol. The summed E-state index contributed by atoms with van der Waals surface area (Å²) < 4.78 is 13.5. The third-order valence-electron chi connectivity index (χ3n) is 3.76. The fraction of sp³-hybridized carbons (Fsp3) is 0. The van der Waals surface area contributed by atoms with Gasteiger partial charge in [-0.15, -0.1) is 0 Å². The third-order valence-corrected chi connectivity index (χ3v) is 4.02. The van der Waals surface area contributed by atoms with Crippen LogP contribution in [0.25, 0.3) is 0 Å². The van der Waals surface area contributed by atoms with E-state index >= 15 is 0 Å². The Kier molecular flexibility index (Phi) is 6.14. The van der Waals surface area contributed by atoms with E-state index in [1.165, 1.54) is 24.4 Å². The molecule has 0 aliphatic carbocycles. The minimum atomic E-state index is -0.491. The van der Waals surface area contributed by atoms with E-state index in [1.807, 2.05) is 0 Å². The second kappa shape index (κ2) is 8.92. The van der Waals surface area contributed by atoms with Gasteiger partial charge in [0, 0.05) is 27.4 Å². The van der Waals surface area contributed by atoms with E-state index in [2.05, 4.69) is 15.8 Å². The molecule has 0 heterocycles. The summed E-state index contributed by atoms with van der Waals surface area (Å²) >= 11 is 5.81. The van der Waals surface area contributed by atoms with E-state index in [1.54, 1.807) is 54.6 Å². The zero-order valence-electron chi connectivity index (χ0n) is 14.5. The number of hydrogen-bond acceptors (Lipinski definition) is 3. The summed E-state index contributed by atoms with van der Waals surface area (Å²) in [7, 11) is 0. The topological polar surface area (TPSA) is 70.6 Å². The van der Waals surface area contributed by atoms with Crippen molar-refractivity contribution in [1.82, 2.24) is 5.43 Å². The Morgan fingerprint density at radius 1 is 0.893 bits per heavy atom. The van der Waals surface area contributed by atoms with Crippen molar-refractivity contribution in [1.29, 1.82) is 0 Å². The summed E-state index contributed by atoms with van der Waals surface area (Å²) in [5.41, 5.74) is 3.77. The second-order valence-electron chi connectivity index (χ2n) is 5.76. The highest BCUT2D eigenvalue weighted by molar-refractivity contribution is 6.30. The number of nitrogens with zero attached hydrogens (tertiary/aromatic N) is 1. The Labute approximate surface area is 165 Å². The fourth-order valence-electron chi connectivity index (χ4n) is 2.35. The first-order valence-corrected chi connectivity index (χ1v) is 8.65. The van der Waals surface area contributed by atoms with Crippen molar-refractivity contribution in [2.45, 2.75) is 0 Å². The lowest BCUT2D eigenvalue weighted by molar-refractivity contribution is 0.0953. The van der Waals surface area contributed by atoms with Crippen LogP contribution in [0.15, 0.2) is 77.9 Å². The van der Waals surface area contributed by atoms with Gasteiger partial charge in [-0.05, 0) is 48.5 Å². The minimum Gasteiger partial charge on any atom is -0.322 e. The number of anilines is 1. The number of rotatable bonds is 5. The van der Waals surface area contributed by atoms with Crippen molar-refractivity contribution >= 4 is 35.3 Å². The monoisotopic (exact) mass is 395 g/mol. The Bertz CT molecular complexity index is 1040. The summed E-state index contributed by atoms with van der Waals surface area (Å²) in [4.78, 5) is 24.5. The molecule has 2 amide bonds. The molecule has 28 heavy (non-hydrogen) atoms. The van der Waals surface area contributed by atoms with Crippen molar-refractivity contribution in [3.63, 3.8) is 0 Å². The highest BCUT2D eigenvalue weighted by atomic mass is 35.5. The maximum atomic E-state index is 13.5. The molecule has 0 atom stereocenters. The van der Waals surface area contributed by atoms with Gasteiger partial charge in [0.2, 0.25) is 0 Å². The van der Waals surface area contributed by atoms with Gasteiger partial charge in [0.05, 0.1) is 6.21 Å². The minimum absolute atomic E-state index is 0.256. The van der Waals surface area contributed by atoms with E-state index in [4.69, 9.17) is 11.6 Å². The first-order valence-electron chi connectivity index (χ1n) is 8.28. The smallest absolute Gasteiger partial charge is 0.271 e. The molecule has 0 aromatic heterocycles. The fourth-order valence-corrected chi connectivity index (χ4v) is 2.47. The van der Waals surface area contributed by atoms with Gasteiger partial charge in [-0.1, -0.05) is 35.9 Å². The summed E-state index contributed by atoms with van der Waals surface area (Å²) in [5, 5.41) is 7.01. The van der Waals surface area contributed by atoms with E-state index in [-0.39, 0.29) is 11.5 Å². The number of carbonyl (C=O) groups is 2. The standard InChI is InChI=1S/C21H15ClFN3O2/c22-17-10-8-14(9-11-17)20(27)25-18-6-3-5-15(12-18)21(28)26-24-13-16-4-1-2-7-19(16)23/h1-13H,(H,25,27)(H,26,28)/b24-13-. The van der Waals surface area contributed by atoms with Crippen LogP contribution in [0.4, 0.5) is 10.1 Å². The molecule has 3 aromatic carbocycles. The molecule has 5 nitrogen and oxygen atoms in total. The molecule has 3 aromatic rings. The Morgan fingerprint density at radius 2 is 1.64 bits per heavy atom. The van der Waals surface area contributed by atoms with Gasteiger partial charge in [0.15, 0.2) is 0 Å². The van der Waals surface area contributed by atoms with E-state index in [9.17, 15) is 14.0 Å². The van der Waals surface area contributed by atoms with Crippen LogP contribution in [0.2, 0.25) is 5.02 Å². The summed E-state index contributed by atoms with van der Waals surface area (Å²) in [6, 6.07) is 18.9. The molecular formula is C21H15ClFN3O2. The van der Waals surface area contributed by atoms with Crippen LogP contribution in [0, 0.1) is 5.82 Å². The van der Waals surface area contributed by atoms with Crippen LogP contribution in [-0.4, -0.2) is 18.0 Å². The molecule has 7 heteroatoms. The first-order chi connectivity index (χ1) is 13.5. The molecule has 140 valence electrons. The molecule has 0 spiro atoms. The maximum absolute atomic E-state index is 13.5. The van der Waals surface area contributed by atoms with Crippen LogP contribution >= 0.6 is 11.6 Å². The van der Waals surface area contributed by atoms with Crippen LogP contribution in [0.1, 0.15) is 26.3 Å². The number of halogens is 2. The van der Waals surface area contributed by atoms with Gasteiger partial charge in [-0.2, -0.15) is 5.10 Å². The average Bonchev–Trinajstić information content (AvgIpc) is 2.70. The molecule has 0 bridgehead atoms. The normalized spacial score (nSPS) is 10.6. The van der Waals surface area contributed by atoms with Gasteiger partial charge in [0.25, 0.3) is 11.8 Å². The number of carbonyl (C=O) groups excluding carboxylic acids is 2. The SMILES string of the molecule is O=C(N/N=C\c1ccccc1F)c1cccc(NC(=O)c2ccc(Cl)cc2)c1. The summed E-state index contributed by atoms with van der Waals surface area (Å²) in [5.74, 6) is -1.26. The Hall–Kier alpha value is -3.51. The van der Waals surface area contributed by atoms with Crippen molar-refractivity contribution in [3.8, 4) is 0 Å². The van der Waals surface area contributed by atoms with Gasteiger partial charge >= 0.3 is 0 Å². The second-order valence-corrected chi connectivity index (χ2v) is 6.20. The molecule has 0 aliphatic heterocycles. The molecule has 0 unspecified atom stereocenters. The van der Waals surface area contributed by atoms with Crippen LogP contribution in [-0.2, 0) is 0 Å². The lowest BCUT2D eigenvalue weighted by Crippen LogP contribution is -2.18. The molecule has 2 N–H and O–H groups in total. The molecule has 0 fully saturated rings. The lowest BCUT2D eigenvalue weighted by atomic mass is 10.1. The molecule has 0 saturated heterocycles. The molecule has 0 aliphatic rings. The zero-order valence-corrected chi connectivity index (χ0v) is 15.3. The van der Waals surface area contributed by atoms with Crippen molar-refractivity contribution in [2.75, 3.05) is 5.32 Å². The predicted octanol–water partition coefficient (Wildman–Crippen LogP) is 4.50. The molecule has 3 rings (SSSR count). The van der Waals surface area contributed by atoms with Crippen LogP contribution in [0.3, 0.4) is 0 Å². The van der Waals surface area contributed by atoms with Gasteiger partial charge in [-0.3, -0.25) is 9.59 Å². The largest absolute Gasteiger partial charge is 0.322 e. The van der Waals surface area contributed by atoms with Crippen molar-refractivity contribution in [3.05, 3.63) is 100 Å².